The number of hydrogen-bond donors (Lipinski definition) is 0. The second-order valence-electron chi connectivity index (χ2n) is 11.6. The third-order valence-electron chi connectivity index (χ3n) is 9.49. The van der Waals surface area contributed by atoms with Crippen LogP contribution in [0.2, 0.25) is 5.02 Å². The van der Waals surface area contributed by atoms with E-state index in [2.05, 4.69) is 33.7 Å². The molecule has 4 bridgehead atoms. The van der Waals surface area contributed by atoms with Gasteiger partial charge in [-0.1, -0.05) is 49.4 Å². The van der Waals surface area contributed by atoms with Gasteiger partial charge in [-0.3, -0.25) is 9.58 Å². The molecule has 1 aromatic carbocycles. The number of benzene rings is 1. The van der Waals surface area contributed by atoms with E-state index in [9.17, 15) is 0 Å². The quantitative estimate of drug-likeness (QED) is 0.425. The molecule has 2 aliphatic carbocycles. The van der Waals surface area contributed by atoms with Crippen molar-refractivity contribution in [3.63, 3.8) is 0 Å². The van der Waals surface area contributed by atoms with Crippen LogP contribution < -0.4 is 0 Å². The Labute approximate surface area is 207 Å². The van der Waals surface area contributed by atoms with E-state index in [1.54, 1.807) is 4.68 Å². The van der Waals surface area contributed by atoms with Gasteiger partial charge in [-0.05, 0) is 68.9 Å². The van der Waals surface area contributed by atoms with Crippen molar-refractivity contribution in [3.8, 4) is 11.5 Å². The van der Waals surface area contributed by atoms with Crippen LogP contribution in [0.3, 0.4) is 0 Å². The predicted octanol–water partition coefficient (Wildman–Crippen LogP) is 6.62. The Morgan fingerprint density at radius 1 is 0.824 bits per heavy atom. The molecule has 2 saturated heterocycles. The summed E-state index contributed by atoms with van der Waals surface area (Å²) in [6.45, 7) is 0. The number of hydrogen-bond acceptors (Lipinski definition) is 3. The zero-order valence-electron chi connectivity index (χ0n) is 20.2. The van der Waals surface area contributed by atoms with Gasteiger partial charge in [0.2, 0.25) is 0 Å². The van der Waals surface area contributed by atoms with Gasteiger partial charge in [-0.25, -0.2) is 4.98 Å². The summed E-state index contributed by atoms with van der Waals surface area (Å²) in [4.78, 5) is 8.10. The zero-order valence-corrected chi connectivity index (χ0v) is 21.0. The first-order valence-electron chi connectivity index (χ1n) is 13.6. The van der Waals surface area contributed by atoms with Crippen LogP contribution in [0.15, 0.2) is 30.5 Å². The molecule has 6 atom stereocenters. The molecule has 0 amide bonds. The molecule has 3 aromatic rings. The summed E-state index contributed by atoms with van der Waals surface area (Å²) in [6.07, 6.45) is 17.3. The van der Waals surface area contributed by atoms with Crippen LogP contribution in [0.4, 0.5) is 0 Å². The lowest BCUT2D eigenvalue weighted by atomic mass is 9.68. The van der Waals surface area contributed by atoms with E-state index in [1.807, 2.05) is 13.2 Å². The predicted molar refractivity (Wildman–Crippen MR) is 137 cm³/mol. The topological polar surface area (TPSA) is 38.9 Å². The van der Waals surface area contributed by atoms with E-state index < -0.39 is 0 Å². The summed E-state index contributed by atoms with van der Waals surface area (Å²) < 4.78 is 4.31. The number of para-hydroxylation sites is 2. The first kappa shape index (κ1) is 21.4. The zero-order chi connectivity index (χ0) is 22.8. The van der Waals surface area contributed by atoms with Gasteiger partial charge >= 0.3 is 0 Å². The molecule has 4 aliphatic rings. The van der Waals surface area contributed by atoms with E-state index in [0.29, 0.717) is 23.1 Å². The van der Waals surface area contributed by atoms with Gasteiger partial charge in [0.25, 0.3) is 0 Å². The lowest BCUT2D eigenvalue weighted by Gasteiger charge is -2.55. The van der Waals surface area contributed by atoms with Crippen molar-refractivity contribution in [1.29, 1.82) is 0 Å². The van der Waals surface area contributed by atoms with E-state index in [0.717, 1.165) is 34.9 Å². The molecule has 34 heavy (non-hydrogen) atoms. The normalized spacial score (nSPS) is 33.9. The lowest BCUT2D eigenvalue weighted by Crippen LogP contribution is -2.58. The molecule has 2 unspecified atom stereocenters. The molecule has 6 heteroatoms. The van der Waals surface area contributed by atoms with E-state index in [-0.39, 0.29) is 0 Å². The summed E-state index contributed by atoms with van der Waals surface area (Å²) in [5.41, 5.74) is 3.09. The fourth-order valence-electron chi connectivity index (χ4n) is 8.33. The number of aryl methyl sites for hydroxylation is 1. The van der Waals surface area contributed by atoms with E-state index in [1.165, 1.54) is 76.1 Å². The first-order chi connectivity index (χ1) is 16.6. The molecule has 2 aliphatic heterocycles. The van der Waals surface area contributed by atoms with Crippen molar-refractivity contribution >= 4 is 22.6 Å². The van der Waals surface area contributed by atoms with Crippen LogP contribution in [0, 0.1) is 11.8 Å². The molecule has 2 saturated carbocycles. The summed E-state index contributed by atoms with van der Waals surface area (Å²) in [6, 6.07) is 11.3. The first-order valence-corrected chi connectivity index (χ1v) is 14.0. The molecule has 5 nitrogen and oxygen atoms in total. The minimum Gasteiger partial charge on any atom is -0.319 e. The van der Waals surface area contributed by atoms with Crippen LogP contribution in [0.5, 0.6) is 0 Å². The number of fused-ring (bicyclic) bond motifs is 5. The molecule has 4 heterocycles. The minimum absolute atomic E-state index is 0.454. The highest BCUT2D eigenvalue weighted by Crippen LogP contribution is 2.48. The molecule has 4 fully saturated rings. The Balaban J connectivity index is 1.24. The fourth-order valence-corrected chi connectivity index (χ4v) is 8.59. The van der Waals surface area contributed by atoms with Gasteiger partial charge in [-0.15, -0.1) is 0 Å². The number of nitrogens with zero attached hydrogens (tertiary/aromatic N) is 5. The molecule has 180 valence electrons. The Kier molecular flexibility index (Phi) is 5.28. The average molecular weight is 478 g/mol. The monoisotopic (exact) mass is 477 g/mol. The maximum absolute atomic E-state index is 6.64. The second-order valence-corrected chi connectivity index (χ2v) is 12.0. The lowest BCUT2D eigenvalue weighted by molar-refractivity contribution is -0.0480. The van der Waals surface area contributed by atoms with E-state index in [4.69, 9.17) is 21.7 Å². The Morgan fingerprint density at radius 2 is 1.53 bits per heavy atom. The minimum atomic E-state index is 0.454. The maximum Gasteiger partial charge on any atom is 0.163 e. The van der Waals surface area contributed by atoms with Crippen LogP contribution in [0.25, 0.3) is 22.6 Å². The van der Waals surface area contributed by atoms with Crippen molar-refractivity contribution in [2.24, 2.45) is 18.9 Å². The highest BCUT2D eigenvalue weighted by atomic mass is 35.5. The standard InChI is InChI=1S/C28H36ClN5/c1-32-17-24(29)27(31-32)28-30-25-10-2-3-11-26(25)34(28)23-15-20-8-5-9-21(16-23)33(20)22-13-18-6-4-7-19(12-18)14-22/h2-3,10-11,17-23H,4-9,12-16H2,1H3/t18-,19+,20-,21+,22?,23?. The fraction of sp³-hybridized carbons (Fsp3) is 0.643. The number of piperidine rings is 2. The summed E-state index contributed by atoms with van der Waals surface area (Å²) in [5.74, 6) is 2.92. The van der Waals surface area contributed by atoms with Crippen molar-refractivity contribution in [2.75, 3.05) is 0 Å². The van der Waals surface area contributed by atoms with Gasteiger partial charge in [0.05, 0.1) is 16.1 Å². The van der Waals surface area contributed by atoms with Gasteiger partial charge < -0.3 is 4.57 Å². The third-order valence-corrected chi connectivity index (χ3v) is 9.76. The van der Waals surface area contributed by atoms with Crippen molar-refractivity contribution < 1.29 is 0 Å². The Morgan fingerprint density at radius 3 is 2.24 bits per heavy atom. The van der Waals surface area contributed by atoms with Gasteiger partial charge in [0.15, 0.2) is 5.82 Å². The molecule has 7 rings (SSSR count). The van der Waals surface area contributed by atoms with Crippen molar-refractivity contribution in [3.05, 3.63) is 35.5 Å². The van der Waals surface area contributed by atoms with Crippen molar-refractivity contribution in [1.82, 2.24) is 24.2 Å². The summed E-state index contributed by atoms with van der Waals surface area (Å²) in [5, 5.41) is 5.40. The van der Waals surface area contributed by atoms with Crippen LogP contribution in [0.1, 0.15) is 76.7 Å². The SMILES string of the molecule is Cn1cc(Cl)c(-c2nc3ccccc3n2C2C[C@H]3CCC[C@@H](C2)N3C2C[C@H]3CCC[C@@H](C2)C3)n1. The van der Waals surface area contributed by atoms with Gasteiger partial charge in [0, 0.05) is 37.4 Å². The van der Waals surface area contributed by atoms with Crippen LogP contribution in [-0.4, -0.2) is 42.4 Å². The van der Waals surface area contributed by atoms with Crippen LogP contribution in [-0.2, 0) is 7.05 Å². The van der Waals surface area contributed by atoms with E-state index >= 15 is 0 Å². The Hall–Kier alpha value is -1.85. The largest absolute Gasteiger partial charge is 0.319 e. The second kappa shape index (κ2) is 8.37. The van der Waals surface area contributed by atoms with Crippen molar-refractivity contribution in [2.45, 2.75) is 94.8 Å². The number of imidazole rings is 1. The molecule has 0 N–H and O–H groups in total. The highest BCUT2D eigenvalue weighted by Gasteiger charge is 2.45. The number of rotatable bonds is 3. The molecular formula is C28H36ClN5. The molecule has 0 spiro atoms. The summed E-state index contributed by atoms with van der Waals surface area (Å²) >= 11 is 6.64. The highest BCUT2D eigenvalue weighted by molar-refractivity contribution is 6.32. The molecular weight excluding hydrogens is 442 g/mol. The smallest absolute Gasteiger partial charge is 0.163 e. The summed E-state index contributed by atoms with van der Waals surface area (Å²) in [7, 11) is 1.94. The average Bonchev–Trinajstić information content (AvgIpc) is 3.36. The van der Waals surface area contributed by atoms with Crippen LogP contribution >= 0.6 is 11.6 Å². The molecule has 0 radical (unpaired) electrons. The van der Waals surface area contributed by atoms with Gasteiger partial charge in [0.1, 0.15) is 5.69 Å². The maximum atomic E-state index is 6.64. The molecule has 2 aromatic heterocycles. The number of halogens is 1. The Bertz CT molecular complexity index is 1170. The van der Waals surface area contributed by atoms with Gasteiger partial charge in [-0.2, -0.15) is 5.10 Å². The number of aromatic nitrogens is 4. The third kappa shape index (κ3) is 3.53.